The zero-order chi connectivity index (χ0) is 17.9. The van der Waals surface area contributed by atoms with E-state index in [0.29, 0.717) is 30.0 Å². The number of hydrogen-bond donors (Lipinski definition) is 3. The van der Waals surface area contributed by atoms with Gasteiger partial charge in [-0.2, -0.15) is 5.10 Å². The quantitative estimate of drug-likeness (QED) is 0.702. The topological polar surface area (TPSA) is 82.7 Å². The first-order valence-corrected chi connectivity index (χ1v) is 9.72. The number of amides is 1. The molecule has 7 heteroatoms. The van der Waals surface area contributed by atoms with Crippen LogP contribution in [0.3, 0.4) is 0 Å². The summed E-state index contributed by atoms with van der Waals surface area (Å²) in [6.07, 6.45) is 5.29. The van der Waals surface area contributed by atoms with Crippen molar-refractivity contribution in [3.05, 3.63) is 30.1 Å². The van der Waals surface area contributed by atoms with E-state index in [1.165, 1.54) is 12.8 Å². The van der Waals surface area contributed by atoms with Gasteiger partial charge in [-0.05, 0) is 62.7 Å². The fraction of sp³-hybridized carbons (Fsp3) is 0.550. The Labute approximate surface area is 166 Å². The summed E-state index contributed by atoms with van der Waals surface area (Å²) in [7, 11) is 0. The van der Waals surface area contributed by atoms with Crippen LogP contribution in [0, 0.1) is 11.8 Å². The normalized spacial score (nSPS) is 18.6. The zero-order valence-electron chi connectivity index (χ0n) is 15.7. The number of aromatic amines is 1. The molecule has 1 saturated carbocycles. The van der Waals surface area contributed by atoms with Crippen molar-refractivity contribution in [2.24, 2.45) is 11.8 Å². The van der Waals surface area contributed by atoms with Gasteiger partial charge in [-0.25, -0.2) is 4.98 Å². The van der Waals surface area contributed by atoms with E-state index in [9.17, 15) is 4.79 Å². The van der Waals surface area contributed by atoms with Gasteiger partial charge in [-0.3, -0.25) is 9.89 Å². The lowest BCUT2D eigenvalue weighted by Crippen LogP contribution is -2.32. The van der Waals surface area contributed by atoms with E-state index in [0.717, 1.165) is 43.0 Å². The van der Waals surface area contributed by atoms with Crippen LogP contribution < -0.4 is 10.6 Å². The maximum atomic E-state index is 12.5. The van der Waals surface area contributed by atoms with Crippen LogP contribution in [0.2, 0.25) is 0 Å². The molecule has 1 aromatic carbocycles. The first kappa shape index (κ1) is 19.8. The van der Waals surface area contributed by atoms with Crippen LogP contribution in [0.25, 0.3) is 11.4 Å². The molecular formula is C20H28ClN5O. The highest BCUT2D eigenvalue weighted by atomic mass is 35.5. The molecule has 0 spiro atoms. The molecule has 3 N–H and O–H groups in total. The zero-order valence-corrected chi connectivity index (χ0v) is 16.5. The van der Waals surface area contributed by atoms with Crippen molar-refractivity contribution < 1.29 is 4.79 Å². The highest BCUT2D eigenvalue weighted by Gasteiger charge is 2.27. The van der Waals surface area contributed by atoms with Crippen molar-refractivity contribution in [3.63, 3.8) is 0 Å². The third-order valence-corrected chi connectivity index (χ3v) is 5.57. The van der Waals surface area contributed by atoms with E-state index < -0.39 is 0 Å². The summed E-state index contributed by atoms with van der Waals surface area (Å²) >= 11 is 0. The second-order valence-corrected chi connectivity index (χ2v) is 7.72. The molecule has 146 valence electrons. The summed E-state index contributed by atoms with van der Waals surface area (Å²) in [5.41, 5.74) is 1.74. The smallest absolute Gasteiger partial charge is 0.224 e. The molecule has 1 atom stereocenters. The van der Waals surface area contributed by atoms with Crippen molar-refractivity contribution >= 4 is 24.0 Å². The number of nitrogens with zero attached hydrogens (tertiary/aromatic N) is 2. The lowest BCUT2D eigenvalue weighted by atomic mass is 9.84. The second kappa shape index (κ2) is 8.85. The molecule has 2 aliphatic rings. The number of anilines is 1. The average Bonchev–Trinajstić information content (AvgIpc) is 3.39. The van der Waals surface area contributed by atoms with Crippen LogP contribution in [-0.2, 0) is 4.79 Å². The molecule has 1 amide bonds. The minimum Gasteiger partial charge on any atom is -0.326 e. The van der Waals surface area contributed by atoms with Gasteiger partial charge in [0.25, 0.3) is 0 Å². The van der Waals surface area contributed by atoms with Gasteiger partial charge < -0.3 is 10.6 Å². The van der Waals surface area contributed by atoms with E-state index in [4.69, 9.17) is 0 Å². The minimum absolute atomic E-state index is 0. The second-order valence-electron chi connectivity index (χ2n) is 7.72. The highest BCUT2D eigenvalue weighted by molar-refractivity contribution is 5.91. The van der Waals surface area contributed by atoms with Crippen LogP contribution in [-0.4, -0.2) is 34.2 Å². The predicted molar refractivity (Wildman–Crippen MR) is 109 cm³/mol. The fourth-order valence-electron chi connectivity index (χ4n) is 3.76. The van der Waals surface area contributed by atoms with E-state index in [2.05, 4.69) is 32.7 Å². The molecule has 27 heavy (non-hydrogen) atoms. The number of aromatic nitrogens is 3. The molecule has 1 aliphatic carbocycles. The van der Waals surface area contributed by atoms with Gasteiger partial charge in [0.2, 0.25) is 5.91 Å². The van der Waals surface area contributed by atoms with Crippen molar-refractivity contribution in [1.29, 1.82) is 0 Å². The Morgan fingerprint density at radius 2 is 2.04 bits per heavy atom. The van der Waals surface area contributed by atoms with Crippen LogP contribution in [0.15, 0.2) is 24.3 Å². The molecule has 1 aliphatic heterocycles. The molecule has 2 heterocycles. The van der Waals surface area contributed by atoms with Gasteiger partial charge in [-0.15, -0.1) is 12.4 Å². The summed E-state index contributed by atoms with van der Waals surface area (Å²) in [4.78, 5) is 17.0. The van der Waals surface area contributed by atoms with Gasteiger partial charge in [0, 0.05) is 23.6 Å². The number of nitrogens with one attached hydrogen (secondary N) is 3. The third kappa shape index (κ3) is 5.08. The third-order valence-electron chi connectivity index (χ3n) is 5.57. The fourth-order valence-corrected chi connectivity index (χ4v) is 3.76. The lowest BCUT2D eigenvalue weighted by Gasteiger charge is -2.27. The van der Waals surface area contributed by atoms with Gasteiger partial charge >= 0.3 is 0 Å². The lowest BCUT2D eigenvalue weighted by molar-refractivity contribution is -0.117. The molecule has 1 aromatic heterocycles. The minimum atomic E-state index is 0. The van der Waals surface area contributed by atoms with Crippen LogP contribution in [0.4, 0.5) is 5.69 Å². The standard InChI is InChI=1S/C20H27N5O.ClH/c1-13(14-7-9-21-10-8-14)11-18(26)22-17-4-2-3-16(12-17)20-23-19(24-25-20)15-5-6-15;/h2-4,12-15,21H,5-11H2,1H3,(H,22,26)(H,23,24,25);1H. The number of rotatable bonds is 6. The summed E-state index contributed by atoms with van der Waals surface area (Å²) < 4.78 is 0. The maximum Gasteiger partial charge on any atom is 0.224 e. The summed E-state index contributed by atoms with van der Waals surface area (Å²) in [6.45, 7) is 4.33. The summed E-state index contributed by atoms with van der Waals surface area (Å²) in [5, 5.41) is 13.8. The average molecular weight is 390 g/mol. The summed E-state index contributed by atoms with van der Waals surface area (Å²) in [5.74, 6) is 3.37. The van der Waals surface area contributed by atoms with Crippen molar-refractivity contribution in [2.45, 2.75) is 44.9 Å². The molecule has 2 fully saturated rings. The number of H-pyrrole nitrogens is 1. The number of hydrogen-bond acceptors (Lipinski definition) is 4. The van der Waals surface area contributed by atoms with E-state index in [-0.39, 0.29) is 18.3 Å². The number of carbonyl (C=O) groups is 1. The van der Waals surface area contributed by atoms with E-state index in [1.54, 1.807) is 0 Å². The highest BCUT2D eigenvalue weighted by Crippen LogP contribution is 2.38. The Kier molecular flexibility index (Phi) is 6.50. The van der Waals surface area contributed by atoms with Gasteiger partial charge in [0.1, 0.15) is 5.82 Å². The molecule has 1 unspecified atom stereocenters. The van der Waals surface area contributed by atoms with Crippen molar-refractivity contribution in [1.82, 2.24) is 20.5 Å². The largest absolute Gasteiger partial charge is 0.326 e. The SMILES string of the molecule is CC(CC(=O)Nc1cccc(-c2n[nH]c(C3CC3)n2)c1)C1CCNCC1.Cl. The molecule has 6 nitrogen and oxygen atoms in total. The Bertz CT molecular complexity index is 767. The molecule has 4 rings (SSSR count). The summed E-state index contributed by atoms with van der Waals surface area (Å²) in [6, 6.07) is 7.79. The molecule has 0 radical (unpaired) electrons. The maximum absolute atomic E-state index is 12.5. The monoisotopic (exact) mass is 389 g/mol. The number of carbonyl (C=O) groups excluding carboxylic acids is 1. The first-order chi connectivity index (χ1) is 12.7. The van der Waals surface area contributed by atoms with Crippen LogP contribution in [0.1, 0.15) is 50.8 Å². The Hall–Kier alpha value is -1.92. The van der Waals surface area contributed by atoms with Crippen LogP contribution in [0.5, 0.6) is 0 Å². The van der Waals surface area contributed by atoms with E-state index in [1.807, 2.05) is 24.3 Å². The molecule has 1 saturated heterocycles. The molecular weight excluding hydrogens is 362 g/mol. The number of halogens is 1. The number of benzene rings is 1. The van der Waals surface area contributed by atoms with Gasteiger partial charge in [0.15, 0.2) is 5.82 Å². The Morgan fingerprint density at radius 3 is 2.78 bits per heavy atom. The Balaban J connectivity index is 0.00000210. The first-order valence-electron chi connectivity index (χ1n) is 9.72. The van der Waals surface area contributed by atoms with Crippen molar-refractivity contribution in [2.75, 3.05) is 18.4 Å². The Morgan fingerprint density at radius 1 is 1.26 bits per heavy atom. The molecule has 0 bridgehead atoms. The van der Waals surface area contributed by atoms with E-state index >= 15 is 0 Å². The predicted octanol–water partition coefficient (Wildman–Crippen LogP) is 3.74. The number of piperidine rings is 1. The van der Waals surface area contributed by atoms with Gasteiger partial charge in [0.05, 0.1) is 0 Å². The van der Waals surface area contributed by atoms with Crippen molar-refractivity contribution in [3.8, 4) is 11.4 Å². The molecule has 2 aromatic rings. The van der Waals surface area contributed by atoms with Gasteiger partial charge in [-0.1, -0.05) is 19.1 Å². The van der Waals surface area contributed by atoms with Crippen LogP contribution >= 0.6 is 12.4 Å².